The summed E-state index contributed by atoms with van der Waals surface area (Å²) in [5.41, 5.74) is 8.53. The van der Waals surface area contributed by atoms with E-state index in [-0.39, 0.29) is 11.5 Å². The van der Waals surface area contributed by atoms with Gasteiger partial charge in [-0.25, -0.2) is 0 Å². The maximum atomic E-state index is 5.96. The van der Waals surface area contributed by atoms with Crippen LogP contribution in [0.15, 0.2) is 6.20 Å². The highest BCUT2D eigenvalue weighted by Gasteiger charge is 2.38. The van der Waals surface area contributed by atoms with Crippen LogP contribution >= 0.6 is 0 Å². The highest BCUT2D eigenvalue weighted by atomic mass is 15.1. The van der Waals surface area contributed by atoms with E-state index in [2.05, 4.69) is 24.0 Å². The summed E-state index contributed by atoms with van der Waals surface area (Å²) < 4.78 is 0. The Hall–Kier alpha value is -0.830. The van der Waals surface area contributed by atoms with Gasteiger partial charge < -0.3 is 5.73 Å². The molecule has 0 spiro atoms. The molecule has 0 bridgehead atoms. The first-order chi connectivity index (χ1) is 5.12. The van der Waals surface area contributed by atoms with Crippen LogP contribution in [0.25, 0.3) is 0 Å². The molecule has 3 nitrogen and oxygen atoms in total. The average molecular weight is 151 g/mol. The molecular formula is C8H13N3. The third-order valence-corrected chi connectivity index (χ3v) is 2.73. The number of nitrogens with one attached hydrogen (secondary N) is 1. The maximum Gasteiger partial charge on any atom is 0.0522 e. The van der Waals surface area contributed by atoms with Gasteiger partial charge in [0.1, 0.15) is 0 Å². The molecule has 1 aliphatic carbocycles. The molecule has 0 amide bonds. The van der Waals surface area contributed by atoms with E-state index in [1.807, 2.05) is 6.20 Å². The second-order valence-electron chi connectivity index (χ2n) is 3.80. The quantitative estimate of drug-likeness (QED) is 0.569. The number of fused-ring (bicyclic) bond motifs is 1. The lowest BCUT2D eigenvalue weighted by Crippen LogP contribution is -2.37. The topological polar surface area (TPSA) is 54.7 Å². The smallest absolute Gasteiger partial charge is 0.0522 e. The number of rotatable bonds is 0. The van der Waals surface area contributed by atoms with E-state index in [0.717, 1.165) is 6.42 Å². The summed E-state index contributed by atoms with van der Waals surface area (Å²) in [6.45, 7) is 4.31. The molecule has 1 heterocycles. The Morgan fingerprint density at radius 3 is 3.09 bits per heavy atom. The largest absolute Gasteiger partial charge is 0.327 e. The third-order valence-electron chi connectivity index (χ3n) is 2.73. The molecule has 0 saturated carbocycles. The molecule has 1 aliphatic rings. The minimum Gasteiger partial charge on any atom is -0.327 e. The van der Waals surface area contributed by atoms with Crippen LogP contribution in [0.4, 0.5) is 0 Å². The van der Waals surface area contributed by atoms with E-state index < -0.39 is 0 Å². The molecule has 1 aromatic heterocycles. The summed E-state index contributed by atoms with van der Waals surface area (Å²) in [5.74, 6) is 0. The van der Waals surface area contributed by atoms with Crippen LogP contribution in [-0.2, 0) is 11.8 Å². The van der Waals surface area contributed by atoms with Crippen molar-refractivity contribution in [2.45, 2.75) is 31.7 Å². The van der Waals surface area contributed by atoms with E-state index in [1.54, 1.807) is 0 Å². The first kappa shape index (κ1) is 6.85. The van der Waals surface area contributed by atoms with Crippen LogP contribution in [-0.4, -0.2) is 16.2 Å². The van der Waals surface area contributed by atoms with Gasteiger partial charge in [-0.05, 0) is 12.0 Å². The maximum absolute atomic E-state index is 5.96. The van der Waals surface area contributed by atoms with Gasteiger partial charge in [-0.15, -0.1) is 0 Å². The van der Waals surface area contributed by atoms with Crippen LogP contribution in [0, 0.1) is 0 Å². The van der Waals surface area contributed by atoms with Gasteiger partial charge in [0.15, 0.2) is 0 Å². The van der Waals surface area contributed by atoms with Gasteiger partial charge in [-0.1, -0.05) is 13.8 Å². The standard InChI is InChI=1S/C8H13N3/c1-8(2)6(9)3-5-4-10-11-7(5)8/h4,6H,3,9H2,1-2H3,(H,10,11)/t6-/m1/s1. The van der Waals surface area contributed by atoms with Crippen LogP contribution in [0.1, 0.15) is 25.1 Å². The fourth-order valence-corrected chi connectivity index (χ4v) is 1.70. The molecule has 0 fully saturated rings. The van der Waals surface area contributed by atoms with E-state index in [0.29, 0.717) is 0 Å². The van der Waals surface area contributed by atoms with Crippen LogP contribution in [0.2, 0.25) is 0 Å². The van der Waals surface area contributed by atoms with Crippen molar-refractivity contribution in [3.05, 3.63) is 17.5 Å². The summed E-state index contributed by atoms with van der Waals surface area (Å²) in [6, 6.07) is 0.242. The second kappa shape index (κ2) is 1.85. The fraction of sp³-hybridized carbons (Fsp3) is 0.625. The lowest BCUT2D eigenvalue weighted by atomic mass is 9.87. The van der Waals surface area contributed by atoms with Crippen LogP contribution in [0.3, 0.4) is 0 Å². The molecule has 1 atom stereocenters. The highest BCUT2D eigenvalue weighted by molar-refractivity contribution is 5.33. The number of nitrogens with zero attached hydrogens (tertiary/aromatic N) is 1. The number of hydrogen-bond donors (Lipinski definition) is 2. The van der Waals surface area contributed by atoms with Crippen molar-refractivity contribution in [2.24, 2.45) is 5.73 Å². The molecule has 0 aromatic carbocycles. The zero-order valence-electron chi connectivity index (χ0n) is 6.89. The predicted octanol–water partition coefficient (Wildman–Crippen LogP) is 0.571. The highest BCUT2D eigenvalue weighted by Crippen LogP contribution is 2.35. The number of hydrogen-bond acceptors (Lipinski definition) is 2. The number of aromatic nitrogens is 2. The van der Waals surface area contributed by atoms with E-state index in [4.69, 9.17) is 5.73 Å². The lowest BCUT2D eigenvalue weighted by molar-refractivity contribution is 0.432. The molecule has 0 unspecified atom stereocenters. The molecule has 0 aliphatic heterocycles. The van der Waals surface area contributed by atoms with E-state index in [1.165, 1.54) is 11.3 Å². The molecule has 3 N–H and O–H groups in total. The Bertz CT molecular complexity index is 275. The summed E-state index contributed by atoms with van der Waals surface area (Å²) in [6.07, 6.45) is 2.84. The minimum atomic E-state index is 0.0752. The molecular weight excluding hydrogens is 138 g/mol. The van der Waals surface area contributed by atoms with Gasteiger partial charge in [-0.3, -0.25) is 5.10 Å². The predicted molar refractivity (Wildman–Crippen MR) is 43.3 cm³/mol. The zero-order chi connectivity index (χ0) is 8.06. The first-order valence-electron chi connectivity index (χ1n) is 3.90. The van der Waals surface area contributed by atoms with Crippen molar-refractivity contribution in [3.8, 4) is 0 Å². The summed E-state index contributed by atoms with van der Waals surface area (Å²) in [7, 11) is 0. The molecule has 60 valence electrons. The average Bonchev–Trinajstić information content (AvgIpc) is 2.41. The minimum absolute atomic E-state index is 0.0752. The fourth-order valence-electron chi connectivity index (χ4n) is 1.70. The Balaban J connectivity index is 2.52. The molecule has 2 rings (SSSR count). The van der Waals surface area contributed by atoms with Crippen LogP contribution < -0.4 is 5.73 Å². The van der Waals surface area contributed by atoms with Crippen molar-refractivity contribution in [1.29, 1.82) is 0 Å². The summed E-state index contributed by atoms with van der Waals surface area (Å²) >= 11 is 0. The van der Waals surface area contributed by atoms with E-state index >= 15 is 0 Å². The van der Waals surface area contributed by atoms with Crippen molar-refractivity contribution in [1.82, 2.24) is 10.2 Å². The Morgan fingerprint density at radius 2 is 2.45 bits per heavy atom. The monoisotopic (exact) mass is 151 g/mol. The van der Waals surface area contributed by atoms with Crippen molar-refractivity contribution in [3.63, 3.8) is 0 Å². The molecule has 11 heavy (non-hydrogen) atoms. The summed E-state index contributed by atoms with van der Waals surface area (Å²) in [4.78, 5) is 0. The Morgan fingerprint density at radius 1 is 1.73 bits per heavy atom. The van der Waals surface area contributed by atoms with Gasteiger partial charge in [-0.2, -0.15) is 5.10 Å². The molecule has 1 aromatic rings. The third kappa shape index (κ3) is 0.744. The normalized spacial score (nSPS) is 27.0. The summed E-state index contributed by atoms with van der Waals surface area (Å²) in [5, 5.41) is 7.00. The first-order valence-corrected chi connectivity index (χ1v) is 3.90. The number of H-pyrrole nitrogens is 1. The Labute approximate surface area is 66.0 Å². The SMILES string of the molecule is CC1(C)c2[nH]ncc2C[C@H]1N. The van der Waals surface area contributed by atoms with Gasteiger partial charge >= 0.3 is 0 Å². The van der Waals surface area contributed by atoms with Gasteiger partial charge in [0.05, 0.1) is 6.20 Å². The molecule has 0 radical (unpaired) electrons. The second-order valence-corrected chi connectivity index (χ2v) is 3.80. The lowest BCUT2D eigenvalue weighted by Gasteiger charge is -2.23. The van der Waals surface area contributed by atoms with Gasteiger partial charge in [0.25, 0.3) is 0 Å². The number of aromatic amines is 1. The van der Waals surface area contributed by atoms with Crippen LogP contribution in [0.5, 0.6) is 0 Å². The Kier molecular flexibility index (Phi) is 1.16. The van der Waals surface area contributed by atoms with Crippen molar-refractivity contribution >= 4 is 0 Å². The molecule has 0 saturated heterocycles. The van der Waals surface area contributed by atoms with E-state index in [9.17, 15) is 0 Å². The van der Waals surface area contributed by atoms with Gasteiger partial charge in [0, 0.05) is 17.2 Å². The molecule has 3 heteroatoms. The van der Waals surface area contributed by atoms with Crippen molar-refractivity contribution < 1.29 is 0 Å². The zero-order valence-corrected chi connectivity index (χ0v) is 6.89. The van der Waals surface area contributed by atoms with Crippen molar-refractivity contribution in [2.75, 3.05) is 0 Å². The van der Waals surface area contributed by atoms with Gasteiger partial charge in [0.2, 0.25) is 0 Å². The number of nitrogens with two attached hydrogens (primary N) is 1.